The highest BCUT2D eigenvalue weighted by molar-refractivity contribution is 7.80. The van der Waals surface area contributed by atoms with E-state index < -0.39 is 5.97 Å². The van der Waals surface area contributed by atoms with Crippen LogP contribution < -0.4 is 10.6 Å². The molecule has 0 atom stereocenters. The highest BCUT2D eigenvalue weighted by Crippen LogP contribution is 2.24. The zero-order valence-corrected chi connectivity index (χ0v) is 16.7. The number of carbonyl (C=O) groups excluding carboxylic acids is 1. The third kappa shape index (κ3) is 4.65. The van der Waals surface area contributed by atoms with Crippen LogP contribution in [0, 0.1) is 6.92 Å². The van der Waals surface area contributed by atoms with Crippen molar-refractivity contribution in [1.82, 2.24) is 15.5 Å². The van der Waals surface area contributed by atoms with Gasteiger partial charge in [-0.15, -0.1) is 0 Å². The molecule has 0 aliphatic carbocycles. The predicted molar refractivity (Wildman–Crippen MR) is 110 cm³/mol. The van der Waals surface area contributed by atoms with Gasteiger partial charge in [0.05, 0.1) is 24.2 Å². The van der Waals surface area contributed by atoms with Crippen molar-refractivity contribution in [2.75, 3.05) is 12.4 Å². The first-order valence-electron chi connectivity index (χ1n) is 8.29. The van der Waals surface area contributed by atoms with E-state index in [0.717, 1.165) is 5.56 Å². The van der Waals surface area contributed by atoms with Crippen LogP contribution in [0.25, 0.3) is 11.4 Å². The predicted octanol–water partition coefficient (Wildman–Crippen LogP) is 3.97. The van der Waals surface area contributed by atoms with E-state index in [-0.39, 0.29) is 6.54 Å². The molecule has 0 amide bonds. The molecule has 0 aliphatic rings. The molecule has 0 aliphatic heterocycles. The fourth-order valence-corrected chi connectivity index (χ4v) is 2.80. The number of nitrogens with one attached hydrogen (secondary N) is 2. The number of methoxy groups -OCH3 is 1. The standard InChI is InChI=1S/C19H17ClN4O3S/c1-11-7-8-12(18(25)26-2)9-15(11)22-19(28)21-10-16-23-17(24-27-16)13-5-3-4-6-14(13)20/h3-9H,10H2,1-2H3,(H2,21,22,28). The number of ether oxygens (including phenoxy) is 1. The lowest BCUT2D eigenvalue weighted by atomic mass is 10.1. The van der Waals surface area contributed by atoms with Gasteiger partial charge in [-0.1, -0.05) is 35.0 Å². The quantitative estimate of drug-likeness (QED) is 0.477. The number of aryl methyl sites for hydroxylation is 1. The van der Waals surface area contributed by atoms with E-state index in [2.05, 4.69) is 20.8 Å². The molecule has 9 heteroatoms. The lowest BCUT2D eigenvalue weighted by Crippen LogP contribution is -2.28. The summed E-state index contributed by atoms with van der Waals surface area (Å²) in [4.78, 5) is 16.0. The van der Waals surface area contributed by atoms with Gasteiger partial charge in [-0.25, -0.2) is 4.79 Å². The normalized spacial score (nSPS) is 10.4. The maximum atomic E-state index is 11.7. The van der Waals surface area contributed by atoms with Crippen LogP contribution in [0.4, 0.5) is 5.69 Å². The van der Waals surface area contributed by atoms with Crippen LogP contribution in [0.3, 0.4) is 0 Å². The molecule has 0 unspecified atom stereocenters. The molecular weight excluding hydrogens is 400 g/mol. The average Bonchev–Trinajstić information content (AvgIpc) is 3.16. The second-order valence-corrected chi connectivity index (χ2v) is 6.64. The molecule has 28 heavy (non-hydrogen) atoms. The van der Waals surface area contributed by atoms with Crippen LogP contribution in [0.2, 0.25) is 5.02 Å². The molecule has 0 radical (unpaired) electrons. The van der Waals surface area contributed by atoms with E-state index in [0.29, 0.717) is 38.7 Å². The highest BCUT2D eigenvalue weighted by Gasteiger charge is 2.12. The van der Waals surface area contributed by atoms with Crippen LogP contribution in [-0.4, -0.2) is 28.3 Å². The molecule has 1 heterocycles. The first kappa shape index (κ1) is 19.8. The lowest BCUT2D eigenvalue weighted by Gasteiger charge is -2.12. The number of aromatic nitrogens is 2. The van der Waals surface area contributed by atoms with Gasteiger partial charge in [-0.05, 0) is 49.0 Å². The summed E-state index contributed by atoms with van der Waals surface area (Å²) in [6, 6.07) is 12.4. The minimum Gasteiger partial charge on any atom is -0.465 e. The molecule has 0 saturated heterocycles. The Kier molecular flexibility index (Phi) is 6.23. The van der Waals surface area contributed by atoms with Gasteiger partial charge in [-0.3, -0.25) is 0 Å². The van der Waals surface area contributed by atoms with Crippen LogP contribution in [-0.2, 0) is 11.3 Å². The number of nitrogens with zero attached hydrogens (tertiary/aromatic N) is 2. The molecule has 0 spiro atoms. The summed E-state index contributed by atoms with van der Waals surface area (Å²) in [6.45, 7) is 2.14. The van der Waals surface area contributed by atoms with Crippen molar-refractivity contribution in [2.24, 2.45) is 0 Å². The number of halogens is 1. The molecule has 7 nitrogen and oxygen atoms in total. The molecule has 1 aromatic heterocycles. The molecule has 0 fully saturated rings. The number of hydrogen-bond donors (Lipinski definition) is 2. The van der Waals surface area contributed by atoms with E-state index in [4.69, 9.17) is 33.1 Å². The summed E-state index contributed by atoms with van der Waals surface area (Å²) in [5, 5.41) is 10.9. The minimum absolute atomic E-state index is 0.235. The van der Waals surface area contributed by atoms with Gasteiger partial charge in [0.1, 0.15) is 0 Å². The molecule has 0 saturated carbocycles. The molecule has 0 bridgehead atoms. The Morgan fingerprint density at radius 2 is 2.07 bits per heavy atom. The topological polar surface area (TPSA) is 89.3 Å². The molecule has 144 valence electrons. The van der Waals surface area contributed by atoms with Crippen molar-refractivity contribution in [3.05, 3.63) is 64.5 Å². The van der Waals surface area contributed by atoms with E-state index in [1.807, 2.05) is 31.2 Å². The van der Waals surface area contributed by atoms with Crippen molar-refractivity contribution in [2.45, 2.75) is 13.5 Å². The van der Waals surface area contributed by atoms with Crippen molar-refractivity contribution >= 4 is 40.6 Å². The average molecular weight is 417 g/mol. The van der Waals surface area contributed by atoms with Gasteiger partial charge in [0, 0.05) is 11.3 Å². The third-order valence-corrected chi connectivity index (χ3v) is 4.47. The van der Waals surface area contributed by atoms with Crippen LogP contribution >= 0.6 is 23.8 Å². The molecule has 2 aromatic carbocycles. The Labute approximate surface area is 172 Å². The Hall–Kier alpha value is -2.97. The SMILES string of the molecule is COC(=O)c1ccc(C)c(NC(=S)NCc2nc(-c3ccccc3Cl)no2)c1. The van der Waals surface area contributed by atoms with E-state index in [1.165, 1.54) is 7.11 Å². The van der Waals surface area contributed by atoms with Crippen molar-refractivity contribution < 1.29 is 14.1 Å². The summed E-state index contributed by atoms with van der Waals surface area (Å²) < 4.78 is 9.97. The number of benzene rings is 2. The first-order valence-corrected chi connectivity index (χ1v) is 9.08. The summed E-state index contributed by atoms with van der Waals surface area (Å²) in [5.74, 6) is 0.349. The van der Waals surface area contributed by atoms with Crippen molar-refractivity contribution in [3.8, 4) is 11.4 Å². The van der Waals surface area contributed by atoms with E-state index in [1.54, 1.807) is 18.2 Å². The van der Waals surface area contributed by atoms with E-state index in [9.17, 15) is 4.79 Å². The third-order valence-electron chi connectivity index (χ3n) is 3.89. The number of hydrogen-bond acceptors (Lipinski definition) is 6. The number of esters is 1. The largest absolute Gasteiger partial charge is 0.465 e. The summed E-state index contributed by atoms with van der Waals surface area (Å²) in [5.41, 5.74) is 2.74. The summed E-state index contributed by atoms with van der Waals surface area (Å²) in [6.07, 6.45) is 0. The van der Waals surface area contributed by atoms with E-state index >= 15 is 0 Å². The highest BCUT2D eigenvalue weighted by atomic mass is 35.5. The van der Waals surface area contributed by atoms with Crippen molar-refractivity contribution in [1.29, 1.82) is 0 Å². The number of thiocarbonyl (C=S) groups is 1. The number of rotatable bonds is 5. The summed E-state index contributed by atoms with van der Waals surface area (Å²) >= 11 is 11.4. The molecule has 3 rings (SSSR count). The molecule has 2 N–H and O–H groups in total. The fourth-order valence-electron chi connectivity index (χ4n) is 2.40. The Morgan fingerprint density at radius 1 is 1.29 bits per heavy atom. The van der Waals surface area contributed by atoms with Gasteiger partial charge in [0.25, 0.3) is 0 Å². The first-order chi connectivity index (χ1) is 13.5. The Bertz CT molecular complexity index is 1020. The second kappa shape index (κ2) is 8.81. The minimum atomic E-state index is -0.417. The monoisotopic (exact) mass is 416 g/mol. The number of carbonyl (C=O) groups is 1. The van der Waals surface area contributed by atoms with Gasteiger partial charge in [-0.2, -0.15) is 4.98 Å². The molecule has 3 aromatic rings. The van der Waals surface area contributed by atoms with Crippen LogP contribution in [0.1, 0.15) is 21.8 Å². The zero-order valence-electron chi connectivity index (χ0n) is 15.2. The number of anilines is 1. The van der Waals surface area contributed by atoms with Crippen LogP contribution in [0.5, 0.6) is 0 Å². The lowest BCUT2D eigenvalue weighted by molar-refractivity contribution is 0.0601. The Morgan fingerprint density at radius 3 is 2.82 bits per heavy atom. The maximum absolute atomic E-state index is 11.7. The van der Waals surface area contributed by atoms with Crippen LogP contribution in [0.15, 0.2) is 47.0 Å². The Balaban J connectivity index is 1.63. The van der Waals surface area contributed by atoms with Gasteiger partial charge in [0.2, 0.25) is 11.7 Å². The second-order valence-electron chi connectivity index (χ2n) is 5.82. The molecular formula is C19H17ClN4O3S. The van der Waals surface area contributed by atoms with Gasteiger partial charge >= 0.3 is 5.97 Å². The smallest absolute Gasteiger partial charge is 0.337 e. The van der Waals surface area contributed by atoms with Gasteiger partial charge < -0.3 is 19.9 Å². The zero-order chi connectivity index (χ0) is 20.1. The van der Waals surface area contributed by atoms with Crippen molar-refractivity contribution in [3.63, 3.8) is 0 Å². The fraction of sp³-hybridized carbons (Fsp3) is 0.158. The van der Waals surface area contributed by atoms with Gasteiger partial charge in [0.15, 0.2) is 5.11 Å². The summed E-state index contributed by atoms with van der Waals surface area (Å²) in [7, 11) is 1.34. The maximum Gasteiger partial charge on any atom is 0.337 e.